The number of fused-ring (bicyclic) bond motifs is 1. The Balaban J connectivity index is 2.34. The molecule has 0 saturated carbocycles. The monoisotopic (exact) mass is 262 g/mol. The van der Waals surface area contributed by atoms with Crippen molar-refractivity contribution in [1.82, 2.24) is 9.55 Å². The molecule has 0 saturated heterocycles. The Kier molecular flexibility index (Phi) is 2.48. The summed E-state index contributed by atoms with van der Waals surface area (Å²) in [6.45, 7) is 0. The van der Waals surface area contributed by atoms with Gasteiger partial charge in [0.2, 0.25) is 0 Å². The predicted octanol–water partition coefficient (Wildman–Crippen LogP) is 3.97. The predicted molar refractivity (Wildman–Crippen MR) is 68.4 cm³/mol. The van der Waals surface area contributed by atoms with Crippen LogP contribution >= 0.6 is 12.2 Å². The van der Waals surface area contributed by atoms with Crippen molar-refractivity contribution < 1.29 is 8.78 Å². The molecule has 5 heteroatoms. The summed E-state index contributed by atoms with van der Waals surface area (Å²) in [5.74, 6) is -0.663. The first-order valence-electron chi connectivity index (χ1n) is 5.31. The second-order valence-corrected chi connectivity index (χ2v) is 4.29. The minimum Gasteiger partial charge on any atom is -0.330 e. The van der Waals surface area contributed by atoms with Gasteiger partial charge in [-0.15, -0.1) is 0 Å². The molecule has 0 unspecified atom stereocenters. The lowest BCUT2D eigenvalue weighted by molar-refractivity contribution is 0.626. The summed E-state index contributed by atoms with van der Waals surface area (Å²) in [6.07, 6.45) is 0. The quantitative estimate of drug-likeness (QED) is 0.658. The van der Waals surface area contributed by atoms with E-state index >= 15 is 0 Å². The van der Waals surface area contributed by atoms with Crippen LogP contribution < -0.4 is 0 Å². The molecule has 0 aliphatic rings. The van der Waals surface area contributed by atoms with E-state index in [4.69, 9.17) is 12.2 Å². The van der Waals surface area contributed by atoms with Gasteiger partial charge < -0.3 is 4.98 Å². The van der Waals surface area contributed by atoms with Crippen molar-refractivity contribution in [2.75, 3.05) is 0 Å². The van der Waals surface area contributed by atoms with E-state index in [1.54, 1.807) is 22.8 Å². The molecule has 0 aliphatic carbocycles. The highest BCUT2D eigenvalue weighted by Gasteiger charge is 2.07. The summed E-state index contributed by atoms with van der Waals surface area (Å²) in [5.41, 5.74) is 2.07. The maximum Gasteiger partial charge on any atom is 0.182 e. The van der Waals surface area contributed by atoms with Crippen LogP contribution in [0.5, 0.6) is 0 Å². The van der Waals surface area contributed by atoms with Crippen LogP contribution in [-0.2, 0) is 0 Å². The molecule has 2 aromatic carbocycles. The van der Waals surface area contributed by atoms with E-state index in [1.807, 2.05) is 0 Å². The highest BCUT2D eigenvalue weighted by molar-refractivity contribution is 7.71. The summed E-state index contributed by atoms with van der Waals surface area (Å²) >= 11 is 5.20. The van der Waals surface area contributed by atoms with Gasteiger partial charge in [0, 0.05) is 11.8 Å². The summed E-state index contributed by atoms with van der Waals surface area (Å²) in [7, 11) is 0. The Hall–Kier alpha value is -2.01. The number of halogens is 2. The number of H-pyrrole nitrogens is 1. The van der Waals surface area contributed by atoms with E-state index in [-0.39, 0.29) is 11.6 Å². The fourth-order valence-corrected chi connectivity index (χ4v) is 2.24. The maximum absolute atomic E-state index is 13.3. The van der Waals surface area contributed by atoms with E-state index in [0.717, 1.165) is 5.52 Å². The molecular formula is C13H8F2N2S. The van der Waals surface area contributed by atoms with Crippen LogP contribution in [0.3, 0.4) is 0 Å². The first-order valence-corrected chi connectivity index (χ1v) is 5.72. The van der Waals surface area contributed by atoms with Crippen molar-refractivity contribution in [3.05, 3.63) is 58.9 Å². The average Bonchev–Trinajstić information content (AvgIpc) is 2.66. The van der Waals surface area contributed by atoms with Gasteiger partial charge in [-0.1, -0.05) is 0 Å². The van der Waals surface area contributed by atoms with Crippen molar-refractivity contribution in [3.63, 3.8) is 0 Å². The topological polar surface area (TPSA) is 20.7 Å². The van der Waals surface area contributed by atoms with E-state index in [0.29, 0.717) is 16.0 Å². The van der Waals surface area contributed by atoms with Crippen LogP contribution in [0.4, 0.5) is 8.78 Å². The van der Waals surface area contributed by atoms with Gasteiger partial charge in [0.15, 0.2) is 4.77 Å². The molecule has 0 spiro atoms. The van der Waals surface area contributed by atoms with Crippen LogP contribution in [0.1, 0.15) is 0 Å². The van der Waals surface area contributed by atoms with Crippen LogP contribution in [0.15, 0.2) is 42.5 Å². The van der Waals surface area contributed by atoms with Crippen LogP contribution in [0.25, 0.3) is 16.7 Å². The van der Waals surface area contributed by atoms with Gasteiger partial charge in [-0.05, 0) is 48.6 Å². The van der Waals surface area contributed by atoms with E-state index in [2.05, 4.69) is 4.98 Å². The Morgan fingerprint density at radius 3 is 2.33 bits per heavy atom. The van der Waals surface area contributed by atoms with Crippen molar-refractivity contribution in [3.8, 4) is 5.69 Å². The zero-order valence-electron chi connectivity index (χ0n) is 9.15. The summed E-state index contributed by atoms with van der Waals surface area (Å²) in [5, 5.41) is 0. The average molecular weight is 262 g/mol. The molecule has 1 aromatic heterocycles. The third kappa shape index (κ3) is 1.73. The second-order valence-electron chi connectivity index (χ2n) is 3.90. The van der Waals surface area contributed by atoms with Crippen molar-refractivity contribution in [1.29, 1.82) is 0 Å². The van der Waals surface area contributed by atoms with Gasteiger partial charge >= 0.3 is 0 Å². The number of rotatable bonds is 1. The SMILES string of the molecule is Fc1ccc(-n2c(=S)[nH]c3ccc(F)cc32)cc1. The van der Waals surface area contributed by atoms with E-state index in [1.165, 1.54) is 24.3 Å². The fraction of sp³-hybridized carbons (Fsp3) is 0. The molecule has 0 bridgehead atoms. The molecule has 18 heavy (non-hydrogen) atoms. The summed E-state index contributed by atoms with van der Waals surface area (Å²) in [4.78, 5) is 2.98. The van der Waals surface area contributed by atoms with Gasteiger partial charge in [0.05, 0.1) is 11.0 Å². The molecule has 1 heterocycles. The third-order valence-electron chi connectivity index (χ3n) is 2.73. The van der Waals surface area contributed by atoms with Crippen molar-refractivity contribution in [2.45, 2.75) is 0 Å². The van der Waals surface area contributed by atoms with Gasteiger partial charge in [-0.3, -0.25) is 4.57 Å². The molecule has 2 nitrogen and oxygen atoms in total. The number of aromatic amines is 1. The number of nitrogens with zero attached hydrogens (tertiary/aromatic N) is 1. The van der Waals surface area contributed by atoms with Crippen LogP contribution in [-0.4, -0.2) is 9.55 Å². The van der Waals surface area contributed by atoms with Crippen LogP contribution in [0, 0.1) is 16.4 Å². The zero-order chi connectivity index (χ0) is 12.7. The largest absolute Gasteiger partial charge is 0.330 e. The molecular weight excluding hydrogens is 254 g/mol. The lowest BCUT2D eigenvalue weighted by Crippen LogP contribution is -1.94. The number of nitrogens with one attached hydrogen (secondary N) is 1. The minimum absolute atomic E-state index is 0.323. The number of imidazole rings is 1. The van der Waals surface area contributed by atoms with E-state index < -0.39 is 0 Å². The van der Waals surface area contributed by atoms with Crippen molar-refractivity contribution in [2.24, 2.45) is 0 Å². The molecule has 90 valence electrons. The van der Waals surface area contributed by atoms with E-state index in [9.17, 15) is 8.78 Å². The molecule has 3 rings (SSSR count). The normalized spacial score (nSPS) is 11.0. The summed E-state index contributed by atoms with van der Waals surface area (Å²) in [6, 6.07) is 10.3. The lowest BCUT2D eigenvalue weighted by Gasteiger charge is -2.04. The number of hydrogen-bond acceptors (Lipinski definition) is 1. The highest BCUT2D eigenvalue weighted by atomic mass is 32.1. The smallest absolute Gasteiger partial charge is 0.182 e. The maximum atomic E-state index is 13.3. The van der Waals surface area contributed by atoms with Gasteiger partial charge in [-0.25, -0.2) is 8.78 Å². The van der Waals surface area contributed by atoms with Crippen LogP contribution in [0.2, 0.25) is 0 Å². The minimum atomic E-state index is -0.340. The molecule has 0 radical (unpaired) electrons. The first-order chi connectivity index (χ1) is 8.65. The molecule has 0 atom stereocenters. The molecule has 0 fully saturated rings. The standard InChI is InChI=1S/C13H8F2N2S/c14-8-1-4-10(5-2-8)17-12-7-9(15)3-6-11(12)16-13(17)18/h1-7H,(H,16,18). The number of benzene rings is 2. The number of aromatic nitrogens is 2. The lowest BCUT2D eigenvalue weighted by atomic mass is 10.2. The Labute approximate surface area is 106 Å². The third-order valence-corrected chi connectivity index (χ3v) is 3.01. The second kappa shape index (κ2) is 4.03. The van der Waals surface area contributed by atoms with Gasteiger partial charge in [0.1, 0.15) is 11.6 Å². The Bertz CT molecular complexity index is 772. The van der Waals surface area contributed by atoms with Crippen molar-refractivity contribution >= 4 is 23.3 Å². The molecule has 0 aliphatic heterocycles. The molecule has 3 aromatic rings. The first kappa shape index (κ1) is 11.1. The number of hydrogen-bond donors (Lipinski definition) is 1. The Morgan fingerprint density at radius 1 is 0.944 bits per heavy atom. The summed E-state index contributed by atoms with van der Waals surface area (Å²) < 4.78 is 28.3. The van der Waals surface area contributed by atoms with Gasteiger partial charge in [0.25, 0.3) is 0 Å². The molecule has 1 N–H and O–H groups in total. The van der Waals surface area contributed by atoms with Gasteiger partial charge in [-0.2, -0.15) is 0 Å². The fourth-order valence-electron chi connectivity index (χ4n) is 1.92. The molecule has 0 amide bonds. The highest BCUT2D eigenvalue weighted by Crippen LogP contribution is 2.20. The zero-order valence-corrected chi connectivity index (χ0v) is 9.97. The Morgan fingerprint density at radius 2 is 1.61 bits per heavy atom.